The first-order valence-corrected chi connectivity index (χ1v) is 13.8. The number of sulfonamides is 1. The van der Waals surface area contributed by atoms with Crippen LogP contribution in [0.3, 0.4) is 0 Å². The Bertz CT molecular complexity index is 1160. The van der Waals surface area contributed by atoms with E-state index in [1.165, 1.54) is 5.56 Å². The summed E-state index contributed by atoms with van der Waals surface area (Å²) in [6, 6.07) is 13.3. The summed E-state index contributed by atoms with van der Waals surface area (Å²) in [4.78, 5) is 16.8. The number of carbonyl (C=O) groups excluding carboxylic acids is 1. The third-order valence-electron chi connectivity index (χ3n) is 6.68. The van der Waals surface area contributed by atoms with Gasteiger partial charge in [-0.3, -0.25) is 4.79 Å². The number of nitrogens with zero attached hydrogens (tertiary/aromatic N) is 2. The van der Waals surface area contributed by atoms with E-state index >= 15 is 0 Å². The maximum Gasteiger partial charge on any atom is 0.243 e. The molecule has 1 fully saturated rings. The number of hydrogen-bond donors (Lipinski definition) is 0. The normalized spacial score (nSPS) is 17.2. The molecule has 0 N–H and O–H groups in total. The van der Waals surface area contributed by atoms with Crippen LogP contribution in [0.5, 0.6) is 0 Å². The number of furan rings is 1. The van der Waals surface area contributed by atoms with Gasteiger partial charge in [0.1, 0.15) is 5.76 Å². The number of hydrogen-bond acceptors (Lipinski definition) is 5. The van der Waals surface area contributed by atoms with Crippen LogP contribution >= 0.6 is 11.3 Å². The van der Waals surface area contributed by atoms with Crippen LogP contribution in [0.25, 0.3) is 0 Å². The van der Waals surface area contributed by atoms with Gasteiger partial charge < -0.3 is 9.32 Å². The van der Waals surface area contributed by atoms with E-state index in [1.54, 1.807) is 28.0 Å². The van der Waals surface area contributed by atoms with E-state index < -0.39 is 10.0 Å². The smallest absolute Gasteiger partial charge is 0.243 e. The summed E-state index contributed by atoms with van der Waals surface area (Å²) in [5.41, 5.74) is 2.42. The van der Waals surface area contributed by atoms with Gasteiger partial charge in [0.25, 0.3) is 0 Å². The van der Waals surface area contributed by atoms with Crippen LogP contribution in [-0.4, -0.2) is 36.6 Å². The van der Waals surface area contributed by atoms with E-state index in [0.29, 0.717) is 43.9 Å². The number of benzene rings is 1. The van der Waals surface area contributed by atoms with Crippen LogP contribution in [0.2, 0.25) is 0 Å². The number of rotatable bonds is 7. The number of carbonyl (C=O) groups is 1. The molecule has 33 heavy (non-hydrogen) atoms. The summed E-state index contributed by atoms with van der Waals surface area (Å²) in [5, 5.41) is 2.01. The highest BCUT2D eigenvalue weighted by atomic mass is 32.2. The molecule has 0 saturated carbocycles. The zero-order valence-electron chi connectivity index (χ0n) is 18.5. The molecule has 0 spiro atoms. The summed E-state index contributed by atoms with van der Waals surface area (Å²) in [5.74, 6) is 0.623. The Morgan fingerprint density at radius 2 is 1.88 bits per heavy atom. The van der Waals surface area contributed by atoms with Gasteiger partial charge in [0.05, 0.1) is 24.2 Å². The molecule has 1 aliphatic heterocycles. The van der Waals surface area contributed by atoms with Gasteiger partial charge in [0, 0.05) is 23.9 Å². The molecule has 5 rings (SSSR count). The lowest BCUT2D eigenvalue weighted by Gasteiger charge is -2.33. The molecular formula is C25H28N2O4S2. The van der Waals surface area contributed by atoms with Gasteiger partial charge in [-0.25, -0.2) is 8.42 Å². The van der Waals surface area contributed by atoms with Crippen molar-refractivity contribution in [3.8, 4) is 0 Å². The minimum Gasteiger partial charge on any atom is -0.467 e. The molecule has 0 unspecified atom stereocenters. The number of thiophene rings is 1. The second-order valence-corrected chi connectivity index (χ2v) is 11.8. The molecule has 0 radical (unpaired) electrons. The van der Waals surface area contributed by atoms with Crippen molar-refractivity contribution in [1.82, 2.24) is 9.21 Å². The number of amides is 1. The maximum absolute atomic E-state index is 13.4. The van der Waals surface area contributed by atoms with Gasteiger partial charge >= 0.3 is 0 Å². The summed E-state index contributed by atoms with van der Waals surface area (Å²) in [6.07, 6.45) is 5.75. The van der Waals surface area contributed by atoms with Crippen LogP contribution in [0.15, 0.2) is 63.4 Å². The van der Waals surface area contributed by atoms with E-state index in [1.807, 2.05) is 46.7 Å². The lowest BCUT2D eigenvalue weighted by atomic mass is 9.96. The van der Waals surface area contributed by atoms with Gasteiger partial charge in [-0.1, -0.05) is 12.1 Å². The predicted molar refractivity (Wildman–Crippen MR) is 127 cm³/mol. The van der Waals surface area contributed by atoms with Crippen molar-refractivity contribution in [2.45, 2.75) is 50.1 Å². The minimum absolute atomic E-state index is 0.0642. The first kappa shape index (κ1) is 22.4. The molecular weight excluding hydrogens is 456 g/mol. The highest BCUT2D eigenvalue weighted by Crippen LogP contribution is 2.30. The summed E-state index contributed by atoms with van der Waals surface area (Å²) >= 11 is 1.63. The lowest BCUT2D eigenvalue weighted by Crippen LogP contribution is -2.44. The van der Waals surface area contributed by atoms with Gasteiger partial charge in [-0.15, -0.1) is 11.3 Å². The Balaban J connectivity index is 1.26. The Kier molecular flexibility index (Phi) is 6.40. The minimum atomic E-state index is -3.54. The van der Waals surface area contributed by atoms with Crippen molar-refractivity contribution < 1.29 is 17.6 Å². The highest BCUT2D eigenvalue weighted by molar-refractivity contribution is 7.89. The fourth-order valence-electron chi connectivity index (χ4n) is 4.85. The van der Waals surface area contributed by atoms with E-state index in [9.17, 15) is 13.2 Å². The molecule has 3 aromatic rings. The van der Waals surface area contributed by atoms with Crippen LogP contribution in [0, 0.1) is 5.92 Å². The molecule has 6 nitrogen and oxygen atoms in total. The van der Waals surface area contributed by atoms with Gasteiger partial charge in [-0.2, -0.15) is 4.31 Å². The van der Waals surface area contributed by atoms with Crippen LogP contribution in [0.4, 0.5) is 0 Å². The van der Waals surface area contributed by atoms with Crippen molar-refractivity contribution in [2.75, 3.05) is 13.1 Å². The summed E-state index contributed by atoms with van der Waals surface area (Å²) in [6.45, 7) is 1.68. The molecule has 0 bridgehead atoms. The Hall–Kier alpha value is -2.42. The van der Waals surface area contributed by atoms with Gasteiger partial charge in [-0.05, 0) is 78.9 Å². The zero-order valence-corrected chi connectivity index (χ0v) is 20.1. The molecule has 1 aliphatic carbocycles. The zero-order chi connectivity index (χ0) is 22.8. The molecule has 174 valence electrons. The third kappa shape index (κ3) is 4.78. The summed E-state index contributed by atoms with van der Waals surface area (Å²) < 4.78 is 33.5. The van der Waals surface area contributed by atoms with Crippen LogP contribution < -0.4 is 0 Å². The number of piperidine rings is 1. The quantitative estimate of drug-likeness (QED) is 0.496. The monoisotopic (exact) mass is 484 g/mol. The molecule has 1 aromatic carbocycles. The largest absolute Gasteiger partial charge is 0.467 e. The molecule has 1 saturated heterocycles. The average Bonchev–Trinajstić information content (AvgIpc) is 3.60. The summed E-state index contributed by atoms with van der Waals surface area (Å²) in [7, 11) is -3.54. The number of aryl methyl sites for hydroxylation is 2. The maximum atomic E-state index is 13.4. The average molecular weight is 485 g/mol. The topological polar surface area (TPSA) is 70.8 Å². The second-order valence-electron chi connectivity index (χ2n) is 8.82. The Morgan fingerprint density at radius 1 is 1.06 bits per heavy atom. The first-order chi connectivity index (χ1) is 16.0. The van der Waals surface area contributed by atoms with Gasteiger partial charge in [0.15, 0.2) is 0 Å². The van der Waals surface area contributed by atoms with E-state index in [-0.39, 0.29) is 11.8 Å². The van der Waals surface area contributed by atoms with Crippen LogP contribution in [0.1, 0.15) is 41.0 Å². The molecule has 8 heteroatoms. The molecule has 2 aromatic heterocycles. The molecule has 2 aliphatic rings. The third-order valence-corrected chi connectivity index (χ3v) is 9.43. The SMILES string of the molecule is O=C(C1CCN(S(=O)(=O)c2ccc3c(c2)CCC3)CC1)N(Cc1ccco1)Cc1cccs1. The van der Waals surface area contributed by atoms with Crippen molar-refractivity contribution in [1.29, 1.82) is 0 Å². The van der Waals surface area contributed by atoms with E-state index in [4.69, 9.17) is 4.42 Å². The molecule has 3 heterocycles. The Labute approximate surface area is 198 Å². The highest BCUT2D eigenvalue weighted by Gasteiger charge is 2.34. The van der Waals surface area contributed by atoms with E-state index in [0.717, 1.165) is 35.5 Å². The van der Waals surface area contributed by atoms with Crippen molar-refractivity contribution >= 4 is 27.3 Å². The molecule has 0 atom stereocenters. The van der Waals surface area contributed by atoms with Gasteiger partial charge in [0.2, 0.25) is 15.9 Å². The number of fused-ring (bicyclic) bond motifs is 1. The van der Waals surface area contributed by atoms with E-state index in [2.05, 4.69) is 0 Å². The van der Waals surface area contributed by atoms with Crippen molar-refractivity contribution in [3.05, 3.63) is 75.9 Å². The Morgan fingerprint density at radius 3 is 2.61 bits per heavy atom. The lowest BCUT2D eigenvalue weighted by molar-refractivity contribution is -0.138. The fraction of sp³-hybridized carbons (Fsp3) is 0.400. The van der Waals surface area contributed by atoms with Crippen molar-refractivity contribution in [2.24, 2.45) is 5.92 Å². The first-order valence-electron chi connectivity index (χ1n) is 11.5. The molecule has 1 amide bonds. The predicted octanol–water partition coefficient (Wildman–Crippen LogP) is 4.46. The van der Waals surface area contributed by atoms with Crippen molar-refractivity contribution in [3.63, 3.8) is 0 Å². The fourth-order valence-corrected chi connectivity index (χ4v) is 7.09. The second kappa shape index (κ2) is 9.44. The van der Waals surface area contributed by atoms with Crippen LogP contribution in [-0.2, 0) is 40.7 Å². The standard InChI is InChI=1S/C25H28N2O4S2/c28-25(26(17-22-6-2-14-31-22)18-23-7-3-15-32-23)20-10-12-27(13-11-20)33(29,30)24-9-8-19-4-1-5-21(19)16-24/h2-3,6-9,14-16,20H,1,4-5,10-13,17-18H2.